The fraction of sp³-hybridized carbons (Fsp3) is 0.0769. The lowest BCUT2D eigenvalue weighted by Gasteiger charge is -2.11. The van der Waals surface area contributed by atoms with Crippen molar-refractivity contribution >= 4 is 39.1 Å². The molecule has 0 fully saturated rings. The molecule has 0 aliphatic rings. The summed E-state index contributed by atoms with van der Waals surface area (Å²) in [6.45, 7) is 0. The zero-order valence-corrected chi connectivity index (χ0v) is 11.7. The van der Waals surface area contributed by atoms with Crippen molar-refractivity contribution in [1.82, 2.24) is 0 Å². The fourth-order valence-electron chi connectivity index (χ4n) is 1.61. The van der Waals surface area contributed by atoms with Crippen molar-refractivity contribution in [2.75, 3.05) is 0 Å². The van der Waals surface area contributed by atoms with Crippen LogP contribution in [0.3, 0.4) is 0 Å². The third kappa shape index (κ3) is 3.01. The summed E-state index contributed by atoms with van der Waals surface area (Å²) in [5.74, 6) is -0.263. The molecule has 0 atom stereocenters. The average molecular weight is 334 g/mol. The number of alkyl halides is 2. The standard InChI is InChI=1S/C13H8BrCl2F/c14-9-3-6-11(12(7-9)13(15)16)8-1-4-10(17)5-2-8/h1-7,13H. The van der Waals surface area contributed by atoms with Crippen LogP contribution in [0.4, 0.5) is 4.39 Å². The predicted molar refractivity (Wildman–Crippen MR) is 74.0 cm³/mol. The van der Waals surface area contributed by atoms with Gasteiger partial charge in [0.25, 0.3) is 0 Å². The zero-order valence-electron chi connectivity index (χ0n) is 8.63. The summed E-state index contributed by atoms with van der Waals surface area (Å²) in [6.07, 6.45) is 0. The lowest BCUT2D eigenvalue weighted by Crippen LogP contribution is -1.89. The van der Waals surface area contributed by atoms with E-state index in [4.69, 9.17) is 23.2 Å². The van der Waals surface area contributed by atoms with Crippen molar-refractivity contribution in [2.45, 2.75) is 4.84 Å². The molecule has 4 heteroatoms. The molecule has 0 aromatic heterocycles. The number of halogens is 4. The first kappa shape index (κ1) is 12.9. The van der Waals surface area contributed by atoms with Gasteiger partial charge in [0.2, 0.25) is 0 Å². The highest BCUT2D eigenvalue weighted by Gasteiger charge is 2.12. The summed E-state index contributed by atoms with van der Waals surface area (Å²) in [6, 6.07) is 11.9. The summed E-state index contributed by atoms with van der Waals surface area (Å²) in [7, 11) is 0. The summed E-state index contributed by atoms with van der Waals surface area (Å²) < 4.78 is 13.8. The van der Waals surface area contributed by atoms with Crippen molar-refractivity contribution in [3.05, 3.63) is 58.3 Å². The van der Waals surface area contributed by atoms with Gasteiger partial charge in [-0.15, -0.1) is 23.2 Å². The van der Waals surface area contributed by atoms with Gasteiger partial charge in [-0.25, -0.2) is 4.39 Å². The SMILES string of the molecule is Fc1ccc(-c2ccc(Br)cc2C(Cl)Cl)cc1. The van der Waals surface area contributed by atoms with E-state index in [1.807, 2.05) is 18.2 Å². The lowest BCUT2D eigenvalue weighted by atomic mass is 10.0. The minimum Gasteiger partial charge on any atom is -0.207 e. The minimum absolute atomic E-state index is 0.263. The first-order valence-electron chi connectivity index (χ1n) is 4.91. The first-order chi connectivity index (χ1) is 8.08. The minimum atomic E-state index is -0.618. The summed E-state index contributed by atoms with van der Waals surface area (Å²) in [4.78, 5) is -0.618. The van der Waals surface area contributed by atoms with E-state index >= 15 is 0 Å². The van der Waals surface area contributed by atoms with Crippen LogP contribution in [0.15, 0.2) is 46.9 Å². The molecule has 0 N–H and O–H groups in total. The maximum Gasteiger partial charge on any atom is 0.133 e. The molecule has 0 unspecified atom stereocenters. The highest BCUT2D eigenvalue weighted by atomic mass is 79.9. The van der Waals surface area contributed by atoms with Crippen LogP contribution in [0.5, 0.6) is 0 Å². The molecule has 17 heavy (non-hydrogen) atoms. The van der Waals surface area contributed by atoms with Gasteiger partial charge in [-0.3, -0.25) is 0 Å². The molecule has 0 aliphatic heterocycles. The van der Waals surface area contributed by atoms with E-state index in [1.54, 1.807) is 12.1 Å². The molecule has 0 nitrogen and oxygen atoms in total. The summed E-state index contributed by atoms with van der Waals surface area (Å²) in [5, 5.41) is 0. The van der Waals surface area contributed by atoms with Gasteiger partial charge in [-0.2, -0.15) is 0 Å². The predicted octanol–water partition coefficient (Wildman–Crippen LogP) is 5.73. The molecule has 0 heterocycles. The Kier molecular flexibility index (Phi) is 4.08. The molecule has 88 valence electrons. The molecule has 0 spiro atoms. The van der Waals surface area contributed by atoms with E-state index in [2.05, 4.69) is 15.9 Å². The Morgan fingerprint density at radius 1 is 1.00 bits per heavy atom. The Balaban J connectivity index is 2.54. The fourth-order valence-corrected chi connectivity index (χ4v) is 2.35. The largest absolute Gasteiger partial charge is 0.207 e. The van der Waals surface area contributed by atoms with Gasteiger partial charge in [0.05, 0.1) is 0 Å². The topological polar surface area (TPSA) is 0 Å². The van der Waals surface area contributed by atoms with Gasteiger partial charge < -0.3 is 0 Å². The molecule has 2 aromatic carbocycles. The number of hydrogen-bond donors (Lipinski definition) is 0. The summed E-state index contributed by atoms with van der Waals surface area (Å²) >= 11 is 15.2. The summed E-state index contributed by atoms with van der Waals surface area (Å²) in [5.41, 5.74) is 2.60. The van der Waals surface area contributed by atoms with Gasteiger partial charge in [0.15, 0.2) is 0 Å². The van der Waals surface area contributed by atoms with Gasteiger partial charge in [0.1, 0.15) is 10.7 Å². The molecule has 0 saturated carbocycles. The second-order valence-corrected chi connectivity index (χ2v) is 5.55. The molecule has 0 aliphatic carbocycles. The van der Waals surface area contributed by atoms with Gasteiger partial charge in [-0.05, 0) is 41.0 Å². The van der Waals surface area contributed by atoms with Gasteiger partial charge >= 0.3 is 0 Å². The van der Waals surface area contributed by atoms with Crippen LogP contribution in [0.1, 0.15) is 10.4 Å². The van der Waals surface area contributed by atoms with Crippen LogP contribution in [0.25, 0.3) is 11.1 Å². The number of hydrogen-bond acceptors (Lipinski definition) is 0. The molecule has 2 aromatic rings. The monoisotopic (exact) mass is 332 g/mol. The Labute approximate surface area is 117 Å². The maximum atomic E-state index is 12.9. The van der Waals surface area contributed by atoms with Crippen LogP contribution in [0, 0.1) is 5.82 Å². The molecular formula is C13H8BrCl2F. The quantitative estimate of drug-likeness (QED) is 0.615. The van der Waals surface area contributed by atoms with Crippen molar-refractivity contribution in [2.24, 2.45) is 0 Å². The third-order valence-electron chi connectivity index (χ3n) is 2.40. The van der Waals surface area contributed by atoms with E-state index in [0.717, 1.165) is 21.2 Å². The average Bonchev–Trinajstić information content (AvgIpc) is 2.30. The van der Waals surface area contributed by atoms with Gasteiger partial charge in [0, 0.05) is 4.47 Å². The van der Waals surface area contributed by atoms with Crippen molar-refractivity contribution in [3.8, 4) is 11.1 Å². The van der Waals surface area contributed by atoms with Crippen molar-refractivity contribution in [1.29, 1.82) is 0 Å². The van der Waals surface area contributed by atoms with Crippen LogP contribution in [0.2, 0.25) is 0 Å². The zero-order chi connectivity index (χ0) is 12.4. The maximum absolute atomic E-state index is 12.9. The van der Waals surface area contributed by atoms with Crippen LogP contribution in [-0.2, 0) is 0 Å². The Hall–Kier alpha value is -0.570. The van der Waals surface area contributed by atoms with Crippen molar-refractivity contribution in [3.63, 3.8) is 0 Å². The number of rotatable bonds is 2. The highest BCUT2D eigenvalue weighted by molar-refractivity contribution is 9.10. The van der Waals surface area contributed by atoms with Crippen molar-refractivity contribution < 1.29 is 4.39 Å². The molecule has 0 amide bonds. The molecule has 0 bridgehead atoms. The smallest absolute Gasteiger partial charge is 0.133 e. The van der Waals surface area contributed by atoms with Crippen LogP contribution >= 0.6 is 39.1 Å². The second-order valence-electron chi connectivity index (χ2n) is 3.54. The molecule has 2 rings (SSSR count). The van der Waals surface area contributed by atoms with E-state index in [-0.39, 0.29) is 5.82 Å². The van der Waals surface area contributed by atoms with Crippen LogP contribution in [-0.4, -0.2) is 0 Å². The van der Waals surface area contributed by atoms with E-state index in [0.29, 0.717) is 0 Å². The van der Waals surface area contributed by atoms with Gasteiger partial charge in [-0.1, -0.05) is 34.1 Å². The van der Waals surface area contributed by atoms with Crippen LogP contribution < -0.4 is 0 Å². The lowest BCUT2D eigenvalue weighted by molar-refractivity contribution is 0.628. The van der Waals surface area contributed by atoms with E-state index in [1.165, 1.54) is 12.1 Å². The normalized spacial score (nSPS) is 10.9. The Morgan fingerprint density at radius 3 is 2.24 bits per heavy atom. The molecule has 0 radical (unpaired) electrons. The highest BCUT2D eigenvalue weighted by Crippen LogP contribution is 2.35. The Bertz CT molecular complexity index is 523. The molecule has 0 saturated heterocycles. The first-order valence-corrected chi connectivity index (χ1v) is 6.58. The number of benzene rings is 2. The second kappa shape index (κ2) is 5.38. The Morgan fingerprint density at radius 2 is 1.65 bits per heavy atom. The van der Waals surface area contributed by atoms with E-state index < -0.39 is 4.84 Å². The third-order valence-corrected chi connectivity index (χ3v) is 3.37. The van der Waals surface area contributed by atoms with E-state index in [9.17, 15) is 4.39 Å². The molecular weight excluding hydrogens is 326 g/mol.